The molecule has 0 spiro atoms. The zero-order valence-corrected chi connectivity index (χ0v) is 24.8. The van der Waals surface area contributed by atoms with Crippen LogP contribution < -0.4 is 10.0 Å². The third-order valence-corrected chi connectivity index (χ3v) is 9.44. The van der Waals surface area contributed by atoms with E-state index >= 15 is 0 Å². The van der Waals surface area contributed by atoms with Crippen molar-refractivity contribution < 1.29 is 22.8 Å². The third-order valence-electron chi connectivity index (χ3n) is 7.14. The molecule has 216 valence electrons. The Bertz CT molecular complexity index is 1620. The summed E-state index contributed by atoms with van der Waals surface area (Å²) in [5.41, 5.74) is 2.35. The maximum atomic E-state index is 13.3. The van der Waals surface area contributed by atoms with Crippen molar-refractivity contribution in [3.63, 3.8) is 0 Å². The number of nitrogens with zero attached hydrogens (tertiary/aromatic N) is 3. The largest absolute Gasteiger partial charge is 0.332 e. The number of rotatable bonds is 8. The van der Waals surface area contributed by atoms with Crippen molar-refractivity contribution in [2.24, 2.45) is 0 Å². The van der Waals surface area contributed by atoms with E-state index < -0.39 is 28.0 Å². The van der Waals surface area contributed by atoms with Gasteiger partial charge in [-0.2, -0.15) is 4.72 Å². The van der Waals surface area contributed by atoms with E-state index in [9.17, 15) is 22.8 Å². The number of benzene rings is 1. The summed E-state index contributed by atoms with van der Waals surface area (Å²) >= 11 is 7.13. The van der Waals surface area contributed by atoms with Crippen LogP contribution in [0.5, 0.6) is 0 Å². The molecule has 0 bridgehead atoms. The molecule has 4 heterocycles. The molecule has 2 fully saturated rings. The number of hydrogen-bond donors (Lipinski definition) is 2. The molecule has 2 aliphatic heterocycles. The normalized spacial score (nSPS) is 19.8. The molecular formula is C28H30ClN5O5S2. The average Bonchev–Trinajstić information content (AvgIpc) is 3.59. The van der Waals surface area contributed by atoms with Crippen LogP contribution in [0.15, 0.2) is 47.9 Å². The van der Waals surface area contributed by atoms with E-state index in [1.54, 1.807) is 18.2 Å². The zero-order chi connectivity index (χ0) is 29.1. The number of amides is 3. The van der Waals surface area contributed by atoms with Crippen LogP contribution in [0, 0.1) is 6.92 Å². The molecule has 1 aromatic carbocycles. The highest BCUT2D eigenvalue weighted by molar-refractivity contribution is 7.92. The first-order valence-corrected chi connectivity index (χ1v) is 16.0. The molecule has 0 aliphatic carbocycles. The van der Waals surface area contributed by atoms with Crippen molar-refractivity contribution in [1.82, 2.24) is 19.5 Å². The molecule has 2 aromatic heterocycles. The summed E-state index contributed by atoms with van der Waals surface area (Å²) < 4.78 is 28.2. The minimum absolute atomic E-state index is 0.217. The molecule has 0 unspecified atom stereocenters. The zero-order valence-electron chi connectivity index (χ0n) is 22.4. The number of halogens is 1. The first kappa shape index (κ1) is 29.2. The van der Waals surface area contributed by atoms with Gasteiger partial charge in [0.25, 0.3) is 0 Å². The van der Waals surface area contributed by atoms with Gasteiger partial charge in [0.15, 0.2) is 0 Å². The van der Waals surface area contributed by atoms with Gasteiger partial charge in [-0.15, -0.1) is 11.3 Å². The quantitative estimate of drug-likeness (QED) is 0.397. The van der Waals surface area contributed by atoms with Crippen LogP contribution in [0.2, 0.25) is 4.34 Å². The molecule has 41 heavy (non-hydrogen) atoms. The summed E-state index contributed by atoms with van der Waals surface area (Å²) in [5, 5.41) is 4.82. The maximum absolute atomic E-state index is 13.3. The van der Waals surface area contributed by atoms with Crippen LogP contribution in [-0.2, 0) is 24.4 Å². The van der Waals surface area contributed by atoms with E-state index in [0.717, 1.165) is 22.0 Å². The lowest BCUT2D eigenvalue weighted by Gasteiger charge is -2.33. The van der Waals surface area contributed by atoms with E-state index in [1.807, 2.05) is 31.2 Å². The van der Waals surface area contributed by atoms with Crippen molar-refractivity contribution in [1.29, 1.82) is 0 Å². The number of piperidine rings is 1. The van der Waals surface area contributed by atoms with Gasteiger partial charge in [0.2, 0.25) is 27.7 Å². The number of carbonyl (C=O) groups excluding carboxylic acids is 3. The van der Waals surface area contributed by atoms with Crippen LogP contribution in [0.3, 0.4) is 0 Å². The second-order valence-corrected chi connectivity index (χ2v) is 13.5. The molecule has 0 radical (unpaired) electrons. The highest BCUT2D eigenvalue weighted by Gasteiger charge is 2.37. The number of anilines is 1. The Morgan fingerprint density at radius 1 is 1.12 bits per heavy atom. The van der Waals surface area contributed by atoms with Crippen molar-refractivity contribution in [2.45, 2.75) is 44.7 Å². The lowest BCUT2D eigenvalue weighted by atomic mass is 10.1. The Labute approximate surface area is 247 Å². The Morgan fingerprint density at radius 3 is 2.71 bits per heavy atom. The first-order chi connectivity index (χ1) is 19.6. The van der Waals surface area contributed by atoms with E-state index in [1.165, 1.54) is 27.2 Å². The summed E-state index contributed by atoms with van der Waals surface area (Å²) in [6.07, 6.45) is 3.47. The molecule has 2 atom stereocenters. The summed E-state index contributed by atoms with van der Waals surface area (Å²) in [6.45, 7) is 2.44. The van der Waals surface area contributed by atoms with Crippen molar-refractivity contribution >= 4 is 73.3 Å². The molecule has 5 rings (SSSR count). The molecular weight excluding hydrogens is 586 g/mol. The second-order valence-electron chi connectivity index (χ2n) is 10.2. The Morgan fingerprint density at radius 2 is 1.93 bits per heavy atom. The van der Waals surface area contributed by atoms with Crippen LogP contribution in [0.4, 0.5) is 5.69 Å². The number of hydrogen-bond acceptors (Lipinski definition) is 7. The molecule has 3 aromatic rings. The number of nitrogens with one attached hydrogen (secondary N) is 2. The summed E-state index contributed by atoms with van der Waals surface area (Å²) in [5.74, 6) is -1.09. The summed E-state index contributed by atoms with van der Waals surface area (Å²) in [7, 11) is -3.90. The van der Waals surface area contributed by atoms with Gasteiger partial charge in [0, 0.05) is 40.1 Å². The van der Waals surface area contributed by atoms with Gasteiger partial charge in [-0.25, -0.2) is 8.42 Å². The number of pyridine rings is 1. The fraction of sp³-hybridized carbons (Fsp3) is 0.357. The van der Waals surface area contributed by atoms with Gasteiger partial charge in [0.05, 0.1) is 16.4 Å². The van der Waals surface area contributed by atoms with Gasteiger partial charge in [-0.3, -0.25) is 19.4 Å². The predicted molar refractivity (Wildman–Crippen MR) is 160 cm³/mol. The van der Waals surface area contributed by atoms with Crippen LogP contribution in [-0.4, -0.2) is 72.6 Å². The molecule has 2 aliphatic rings. The van der Waals surface area contributed by atoms with Crippen LogP contribution in [0.25, 0.3) is 17.0 Å². The fourth-order valence-corrected chi connectivity index (χ4v) is 7.21. The van der Waals surface area contributed by atoms with Crippen LogP contribution in [0.1, 0.15) is 36.3 Å². The second kappa shape index (κ2) is 12.3. The fourth-order valence-electron chi connectivity index (χ4n) is 5.14. The number of aromatic nitrogens is 1. The molecule has 10 nitrogen and oxygen atoms in total. The number of likely N-dealkylation sites (tertiary alicyclic amines) is 2. The number of fused-ring (bicyclic) bond motifs is 1. The molecule has 13 heteroatoms. The first-order valence-electron chi connectivity index (χ1n) is 13.3. The van der Waals surface area contributed by atoms with E-state index in [0.29, 0.717) is 53.7 Å². The molecule has 2 N–H and O–H groups in total. The van der Waals surface area contributed by atoms with Gasteiger partial charge in [-0.05, 0) is 75.1 Å². The smallest absolute Gasteiger partial charge is 0.247 e. The van der Waals surface area contributed by atoms with E-state index in [2.05, 4.69) is 15.0 Å². The maximum Gasteiger partial charge on any atom is 0.247 e. The third kappa shape index (κ3) is 7.13. The summed E-state index contributed by atoms with van der Waals surface area (Å²) in [6, 6.07) is 11.1. The lowest BCUT2D eigenvalue weighted by Crippen LogP contribution is -2.55. The monoisotopic (exact) mass is 615 g/mol. The minimum atomic E-state index is -3.90. The topological polar surface area (TPSA) is 129 Å². The summed E-state index contributed by atoms with van der Waals surface area (Å²) in [4.78, 5) is 47.6. The van der Waals surface area contributed by atoms with Gasteiger partial charge < -0.3 is 15.1 Å². The Kier molecular flexibility index (Phi) is 8.74. The van der Waals surface area contributed by atoms with E-state index in [4.69, 9.17) is 11.6 Å². The average molecular weight is 616 g/mol. The van der Waals surface area contributed by atoms with Gasteiger partial charge >= 0.3 is 0 Å². The van der Waals surface area contributed by atoms with Crippen molar-refractivity contribution in [2.75, 3.05) is 25.0 Å². The number of sulfonamides is 1. The Balaban J connectivity index is 1.19. The SMILES string of the molecule is Cc1ccc2cc(NC(=O)[C@H]3CCCN3C(=O)CN3CCC[C@H](NS(=O)(=O)/C=C/c4ccc(Cl)s4)C3=O)ccc2n1. The number of aryl methyl sites for hydroxylation is 1. The molecule has 3 amide bonds. The highest BCUT2D eigenvalue weighted by atomic mass is 35.5. The van der Waals surface area contributed by atoms with Gasteiger partial charge in [0.1, 0.15) is 12.1 Å². The predicted octanol–water partition coefficient (Wildman–Crippen LogP) is 3.77. The highest BCUT2D eigenvalue weighted by Crippen LogP contribution is 2.24. The molecule has 0 saturated carbocycles. The van der Waals surface area contributed by atoms with Crippen molar-refractivity contribution in [3.05, 3.63) is 62.8 Å². The minimum Gasteiger partial charge on any atom is -0.332 e. The molecule has 2 saturated heterocycles. The van der Waals surface area contributed by atoms with Gasteiger partial charge in [-0.1, -0.05) is 17.7 Å². The number of carbonyl (C=O) groups is 3. The standard InChI is InChI=1S/C28H30ClN5O5S2/c1-18-6-7-19-16-20(8-10-22(19)30-18)31-27(36)24-5-3-14-34(24)26(35)17-33-13-2-4-23(28(33)37)32-41(38,39)15-12-21-9-11-25(29)40-21/h6-12,15-16,23-24,32H,2-5,13-14,17H2,1H3,(H,31,36)/b15-12+/t23-,24+/m0/s1. The number of thiophene rings is 1. The lowest BCUT2D eigenvalue weighted by molar-refractivity contribution is -0.144. The van der Waals surface area contributed by atoms with Crippen LogP contribution >= 0.6 is 22.9 Å². The van der Waals surface area contributed by atoms with Crippen molar-refractivity contribution in [3.8, 4) is 0 Å². The van der Waals surface area contributed by atoms with E-state index in [-0.39, 0.29) is 18.4 Å². The Hall–Kier alpha value is -3.32.